The Morgan fingerprint density at radius 1 is 1.04 bits per heavy atom. The summed E-state index contributed by atoms with van der Waals surface area (Å²) in [7, 11) is 0. The van der Waals surface area contributed by atoms with Crippen molar-refractivity contribution in [3.8, 4) is 0 Å². The first-order valence-electron chi connectivity index (χ1n) is 16.2. The number of halogens is 1. The summed E-state index contributed by atoms with van der Waals surface area (Å²) in [6, 6.07) is 14.2. The second-order valence-corrected chi connectivity index (χ2v) is 13.0. The number of aliphatic hydroxyl groups excluding tert-OH is 1. The van der Waals surface area contributed by atoms with Crippen molar-refractivity contribution in [2.75, 3.05) is 24.6 Å². The van der Waals surface area contributed by atoms with Gasteiger partial charge in [-0.2, -0.15) is 0 Å². The highest BCUT2D eigenvalue weighted by Gasteiger charge is 2.72. The molecule has 2 fully saturated rings. The largest absolute Gasteiger partial charge is 0.455 e. The molecule has 4 aliphatic rings. The molecule has 0 aromatic heterocycles. The fourth-order valence-corrected chi connectivity index (χ4v) is 7.64. The van der Waals surface area contributed by atoms with Gasteiger partial charge in [0.2, 0.25) is 11.8 Å². The highest BCUT2D eigenvalue weighted by Crippen LogP contribution is 2.54. The Labute approximate surface area is 279 Å². The monoisotopic (exact) mass is 661 g/mol. The minimum atomic E-state index is -1.54. The number of cyclic esters (lactones) is 1. The smallest absolute Gasteiger partial charge is 0.313 e. The number of hydrogen-bond donors (Lipinski definition) is 2. The number of nitrogens with zero attached hydrogens (tertiary/aromatic N) is 2. The predicted molar refractivity (Wildman–Crippen MR) is 175 cm³/mol. The number of ether oxygens (including phenoxy) is 2. The molecule has 47 heavy (non-hydrogen) atoms. The molecule has 248 valence electrons. The van der Waals surface area contributed by atoms with E-state index in [1.165, 1.54) is 9.80 Å². The number of nitrogens with one attached hydrogen (secondary N) is 1. The number of hydrogen-bond acceptors (Lipinski definition) is 7. The fourth-order valence-electron chi connectivity index (χ4n) is 7.40. The molecule has 0 saturated carbocycles. The van der Waals surface area contributed by atoms with Crippen LogP contribution in [0.5, 0.6) is 0 Å². The standard InChI is InChI=1S/C36H40ClN3O7/c1-3-22(2)26(21-41)40-32-34(44)39(25-15-8-7-14-24(25)37)19-11-18-36(32)31(33(40)43)30-27(47-36)16-9-10-17-29(42)38-20-28(46-35(30)45)23-12-5-4-6-13-23/h4-9,11-16,18,22,26-28,30-32,41H,3,10,17,19-21H2,1-2H3,(H,38,42)/b16-9-/t22-,26-,27+,28-,30-,31-,32+,36-/m0/s1. The van der Waals surface area contributed by atoms with Gasteiger partial charge in [0.15, 0.2) is 0 Å². The highest BCUT2D eigenvalue weighted by atomic mass is 35.5. The van der Waals surface area contributed by atoms with Crippen LogP contribution in [0.4, 0.5) is 5.69 Å². The third kappa shape index (κ3) is 5.87. The topological polar surface area (TPSA) is 125 Å². The van der Waals surface area contributed by atoms with Gasteiger partial charge in [-0.1, -0.05) is 98.6 Å². The molecule has 6 rings (SSSR count). The van der Waals surface area contributed by atoms with Gasteiger partial charge in [-0.05, 0) is 30.0 Å². The third-order valence-corrected chi connectivity index (χ3v) is 10.3. The van der Waals surface area contributed by atoms with E-state index in [-0.39, 0.29) is 37.9 Å². The normalized spacial score (nSPS) is 31.4. The van der Waals surface area contributed by atoms with Crippen LogP contribution in [0.1, 0.15) is 44.8 Å². The SMILES string of the molecule is CC[C@H](C)[C@H](CO)N1C(=O)[C@@H]2[C@H]3C(=O)O[C@H](c4ccccc4)CNC(=O)CC/C=C\[C@H]3O[C@@]23C=CCN(c2ccccc2Cl)C(=O)[C@@H]13. The molecular weight excluding hydrogens is 622 g/mol. The zero-order valence-electron chi connectivity index (χ0n) is 26.5. The molecule has 3 amide bonds. The lowest BCUT2D eigenvalue weighted by Crippen LogP contribution is -2.59. The van der Waals surface area contributed by atoms with E-state index in [2.05, 4.69) is 5.32 Å². The van der Waals surface area contributed by atoms with Crippen molar-refractivity contribution in [2.24, 2.45) is 17.8 Å². The summed E-state index contributed by atoms with van der Waals surface area (Å²) in [5.41, 5.74) is -0.374. The van der Waals surface area contributed by atoms with E-state index in [4.69, 9.17) is 21.1 Å². The Hall–Kier alpha value is -3.99. The first-order valence-corrected chi connectivity index (χ1v) is 16.6. The molecule has 2 aromatic rings. The summed E-state index contributed by atoms with van der Waals surface area (Å²) in [6.07, 6.45) is 6.50. The molecule has 2 N–H and O–H groups in total. The number of benzene rings is 2. The number of anilines is 1. The third-order valence-electron chi connectivity index (χ3n) is 9.97. The van der Waals surface area contributed by atoms with Crippen LogP contribution in [-0.2, 0) is 28.7 Å². The van der Waals surface area contributed by atoms with Crippen LogP contribution in [0.25, 0.3) is 0 Å². The van der Waals surface area contributed by atoms with Crippen LogP contribution in [0.3, 0.4) is 0 Å². The lowest BCUT2D eigenvalue weighted by Gasteiger charge is -2.40. The Kier molecular flexibility index (Phi) is 9.55. The number of carbonyl (C=O) groups excluding carboxylic acids is 4. The highest BCUT2D eigenvalue weighted by molar-refractivity contribution is 6.34. The van der Waals surface area contributed by atoms with Crippen LogP contribution in [0.2, 0.25) is 5.02 Å². The van der Waals surface area contributed by atoms with E-state index in [0.717, 1.165) is 0 Å². The van der Waals surface area contributed by atoms with Crippen LogP contribution < -0.4 is 10.2 Å². The quantitative estimate of drug-likeness (QED) is 0.354. The summed E-state index contributed by atoms with van der Waals surface area (Å²) < 4.78 is 12.9. The van der Waals surface area contributed by atoms with Crippen molar-refractivity contribution in [2.45, 2.75) is 63.0 Å². The van der Waals surface area contributed by atoms with Crippen LogP contribution in [0, 0.1) is 17.8 Å². The van der Waals surface area contributed by atoms with Crippen LogP contribution >= 0.6 is 11.6 Å². The number of para-hydroxylation sites is 1. The zero-order chi connectivity index (χ0) is 33.3. The average molecular weight is 662 g/mol. The maximum Gasteiger partial charge on any atom is 0.313 e. The van der Waals surface area contributed by atoms with Gasteiger partial charge < -0.3 is 29.7 Å². The maximum absolute atomic E-state index is 14.8. The van der Waals surface area contributed by atoms with E-state index in [0.29, 0.717) is 29.1 Å². The fraction of sp³-hybridized carbons (Fsp3) is 0.444. The van der Waals surface area contributed by atoms with Crippen LogP contribution in [-0.4, -0.2) is 77.2 Å². The van der Waals surface area contributed by atoms with Crippen molar-refractivity contribution in [1.29, 1.82) is 0 Å². The summed E-state index contributed by atoms with van der Waals surface area (Å²) in [5.74, 6) is -4.12. The summed E-state index contributed by atoms with van der Waals surface area (Å²) in [5, 5.41) is 13.9. The Balaban J connectivity index is 1.48. The molecule has 11 heteroatoms. The lowest BCUT2D eigenvalue weighted by molar-refractivity contribution is -0.160. The maximum atomic E-state index is 14.8. The van der Waals surface area contributed by atoms with E-state index < -0.39 is 59.5 Å². The second kappa shape index (κ2) is 13.6. The molecule has 0 aliphatic carbocycles. The number of rotatable bonds is 6. The van der Waals surface area contributed by atoms with Gasteiger partial charge in [0.1, 0.15) is 23.7 Å². The first kappa shape index (κ1) is 32.9. The summed E-state index contributed by atoms with van der Waals surface area (Å²) >= 11 is 6.57. The van der Waals surface area contributed by atoms with E-state index in [1.54, 1.807) is 48.6 Å². The molecule has 8 atom stereocenters. The van der Waals surface area contributed by atoms with Crippen molar-refractivity contribution >= 4 is 41.0 Å². The average Bonchev–Trinajstić information content (AvgIpc) is 3.46. The van der Waals surface area contributed by atoms with Crippen LogP contribution in [0.15, 0.2) is 78.9 Å². The molecule has 4 heterocycles. The van der Waals surface area contributed by atoms with Crippen molar-refractivity contribution in [1.82, 2.24) is 10.2 Å². The number of esters is 1. The number of amides is 3. The zero-order valence-corrected chi connectivity index (χ0v) is 27.2. The molecule has 10 nitrogen and oxygen atoms in total. The number of allylic oxidation sites excluding steroid dienone is 1. The first-order chi connectivity index (χ1) is 22.7. The summed E-state index contributed by atoms with van der Waals surface area (Å²) in [6.45, 7) is 3.72. The number of aliphatic hydroxyl groups is 1. The minimum absolute atomic E-state index is 0.0564. The van der Waals surface area contributed by atoms with Gasteiger partial charge in [-0.25, -0.2) is 0 Å². The molecule has 2 saturated heterocycles. The number of fused-ring (bicyclic) bond motifs is 2. The minimum Gasteiger partial charge on any atom is -0.455 e. The summed E-state index contributed by atoms with van der Waals surface area (Å²) in [4.78, 5) is 59.5. The van der Waals surface area contributed by atoms with Gasteiger partial charge in [0.25, 0.3) is 5.91 Å². The van der Waals surface area contributed by atoms with Crippen molar-refractivity contribution in [3.05, 3.63) is 89.5 Å². The van der Waals surface area contributed by atoms with Gasteiger partial charge in [-0.15, -0.1) is 0 Å². The van der Waals surface area contributed by atoms with Crippen molar-refractivity contribution in [3.63, 3.8) is 0 Å². The van der Waals surface area contributed by atoms with Crippen molar-refractivity contribution < 1.29 is 33.8 Å². The molecular formula is C36H40ClN3O7. The molecule has 4 aliphatic heterocycles. The Bertz CT molecular complexity index is 1580. The Morgan fingerprint density at radius 3 is 2.51 bits per heavy atom. The molecule has 0 bridgehead atoms. The van der Waals surface area contributed by atoms with E-state index >= 15 is 0 Å². The van der Waals surface area contributed by atoms with E-state index in [1.807, 2.05) is 44.2 Å². The lowest BCUT2D eigenvalue weighted by atomic mass is 9.77. The molecule has 1 spiro atoms. The van der Waals surface area contributed by atoms with Gasteiger partial charge in [0, 0.05) is 13.0 Å². The molecule has 2 aromatic carbocycles. The van der Waals surface area contributed by atoms with Gasteiger partial charge in [0.05, 0.1) is 41.9 Å². The van der Waals surface area contributed by atoms with Gasteiger partial charge >= 0.3 is 5.97 Å². The second-order valence-electron chi connectivity index (χ2n) is 12.6. The Morgan fingerprint density at radius 2 is 1.79 bits per heavy atom. The number of likely N-dealkylation sites (tertiary alicyclic amines) is 1. The number of carbonyl (C=O) groups is 4. The predicted octanol–water partition coefficient (Wildman–Crippen LogP) is 3.98. The van der Waals surface area contributed by atoms with Gasteiger partial charge in [-0.3, -0.25) is 19.2 Å². The molecule has 0 radical (unpaired) electrons. The molecule has 0 unspecified atom stereocenters. The van der Waals surface area contributed by atoms with E-state index in [9.17, 15) is 24.3 Å².